The van der Waals surface area contributed by atoms with Gasteiger partial charge in [-0.3, -0.25) is 4.79 Å². The summed E-state index contributed by atoms with van der Waals surface area (Å²) >= 11 is 1.12. The fraction of sp³-hybridized carbons (Fsp3) is 0.417. The molecule has 0 heterocycles. The lowest BCUT2D eigenvalue weighted by Gasteiger charge is -2.14. The van der Waals surface area contributed by atoms with Crippen molar-refractivity contribution < 1.29 is 31.1 Å². The van der Waals surface area contributed by atoms with Crippen molar-refractivity contribution in [2.75, 3.05) is 23.4 Å². The Morgan fingerprint density at radius 2 is 1.55 bits per heavy atom. The van der Waals surface area contributed by atoms with Crippen molar-refractivity contribution in [2.45, 2.75) is 12.4 Å². The van der Waals surface area contributed by atoms with Crippen LogP contribution in [0.1, 0.15) is 11.1 Å². The van der Waals surface area contributed by atoms with Crippen molar-refractivity contribution in [1.29, 1.82) is 0 Å². The highest BCUT2D eigenvalue weighted by atomic mass is 32.2. The second-order valence-electron chi connectivity index (χ2n) is 4.18. The first-order valence-corrected chi connectivity index (χ1v) is 7.06. The van der Waals surface area contributed by atoms with Crippen LogP contribution in [0.3, 0.4) is 0 Å². The maximum atomic E-state index is 12.6. The molecule has 22 heavy (non-hydrogen) atoms. The van der Waals surface area contributed by atoms with Gasteiger partial charge in [-0.1, -0.05) is 0 Å². The summed E-state index contributed by atoms with van der Waals surface area (Å²) in [7, 11) is 0. The lowest BCUT2D eigenvalue weighted by atomic mass is 10.1. The summed E-state index contributed by atoms with van der Waals surface area (Å²) < 4.78 is 75.7. The Kier molecular flexibility index (Phi) is 6.12. The van der Waals surface area contributed by atoms with Crippen molar-refractivity contribution in [3.05, 3.63) is 29.3 Å². The van der Waals surface area contributed by atoms with Crippen LogP contribution in [0.5, 0.6) is 0 Å². The van der Waals surface area contributed by atoms with Gasteiger partial charge in [-0.2, -0.15) is 38.1 Å². The topological polar surface area (TPSA) is 55.1 Å². The summed E-state index contributed by atoms with van der Waals surface area (Å²) in [5, 5.41) is 2.03. The SMILES string of the molecule is NCCSCC(=O)Nc1cc(C(F)(F)F)cc(C(F)(F)F)c1. The second kappa shape index (κ2) is 7.23. The summed E-state index contributed by atoms with van der Waals surface area (Å²) in [5.41, 5.74) is 1.69. The molecule has 0 saturated heterocycles. The molecule has 10 heteroatoms. The predicted octanol–water partition coefficient (Wildman–Crippen LogP) is 3.35. The molecule has 1 aromatic rings. The zero-order chi connectivity index (χ0) is 17.0. The van der Waals surface area contributed by atoms with E-state index in [4.69, 9.17) is 5.73 Å². The standard InChI is InChI=1S/C12H12F6N2OS/c13-11(14,15)7-3-8(12(16,17)18)5-9(4-7)20-10(21)6-22-2-1-19/h3-5H,1-2,6,19H2,(H,20,21). The first kappa shape index (κ1) is 18.6. The van der Waals surface area contributed by atoms with E-state index < -0.39 is 35.1 Å². The van der Waals surface area contributed by atoms with Gasteiger partial charge in [0.1, 0.15) is 0 Å². The number of carbonyl (C=O) groups excluding carboxylic acids is 1. The van der Waals surface area contributed by atoms with Gasteiger partial charge in [0.25, 0.3) is 0 Å². The number of hydrogen-bond donors (Lipinski definition) is 2. The summed E-state index contributed by atoms with van der Waals surface area (Å²) in [6.07, 6.45) is -9.90. The van der Waals surface area contributed by atoms with Crippen LogP contribution in [0.4, 0.5) is 32.0 Å². The highest BCUT2D eigenvalue weighted by molar-refractivity contribution is 7.99. The molecule has 0 unspecified atom stereocenters. The molecule has 0 atom stereocenters. The van der Waals surface area contributed by atoms with Gasteiger partial charge in [0.2, 0.25) is 5.91 Å². The Labute approximate surface area is 126 Å². The number of anilines is 1. The summed E-state index contributed by atoms with van der Waals surface area (Å²) in [4.78, 5) is 11.5. The zero-order valence-electron chi connectivity index (χ0n) is 11.0. The van der Waals surface area contributed by atoms with Crippen LogP contribution < -0.4 is 11.1 Å². The fourth-order valence-electron chi connectivity index (χ4n) is 1.47. The number of rotatable bonds is 5. The molecule has 3 nitrogen and oxygen atoms in total. The van der Waals surface area contributed by atoms with Crippen molar-refractivity contribution in [1.82, 2.24) is 0 Å². The molecular formula is C12H12F6N2OS. The Balaban J connectivity index is 3.01. The van der Waals surface area contributed by atoms with Crippen molar-refractivity contribution in [3.8, 4) is 0 Å². The second-order valence-corrected chi connectivity index (χ2v) is 5.29. The fourth-order valence-corrected chi connectivity index (χ4v) is 2.04. The van der Waals surface area contributed by atoms with E-state index >= 15 is 0 Å². The number of hydrogen-bond acceptors (Lipinski definition) is 3. The minimum atomic E-state index is -4.95. The lowest BCUT2D eigenvalue weighted by Crippen LogP contribution is -2.17. The van der Waals surface area contributed by atoms with E-state index in [0.717, 1.165) is 11.8 Å². The van der Waals surface area contributed by atoms with Crippen LogP contribution in [0.25, 0.3) is 0 Å². The summed E-state index contributed by atoms with van der Waals surface area (Å²) in [6.45, 7) is 0.305. The maximum Gasteiger partial charge on any atom is 0.416 e. The minimum Gasteiger partial charge on any atom is -0.330 e. The van der Waals surface area contributed by atoms with Gasteiger partial charge in [-0.15, -0.1) is 0 Å². The van der Waals surface area contributed by atoms with E-state index in [-0.39, 0.29) is 11.8 Å². The monoisotopic (exact) mass is 346 g/mol. The van der Waals surface area contributed by atoms with Gasteiger partial charge in [0.05, 0.1) is 16.9 Å². The van der Waals surface area contributed by atoms with Gasteiger partial charge in [-0.05, 0) is 18.2 Å². The van der Waals surface area contributed by atoms with Crippen LogP contribution >= 0.6 is 11.8 Å². The molecular weight excluding hydrogens is 334 g/mol. The number of thioether (sulfide) groups is 1. The Morgan fingerprint density at radius 1 is 1.05 bits per heavy atom. The van der Waals surface area contributed by atoms with Crippen molar-refractivity contribution in [2.24, 2.45) is 5.73 Å². The third kappa shape index (κ3) is 5.76. The number of benzene rings is 1. The van der Waals surface area contributed by atoms with E-state index in [1.54, 1.807) is 0 Å². The quantitative estimate of drug-likeness (QED) is 0.635. The molecule has 0 spiro atoms. The number of amides is 1. The molecule has 0 aliphatic carbocycles. The van der Waals surface area contributed by atoms with Gasteiger partial charge in [0.15, 0.2) is 0 Å². The van der Waals surface area contributed by atoms with Crippen LogP contribution in [-0.4, -0.2) is 24.0 Å². The van der Waals surface area contributed by atoms with Gasteiger partial charge in [0, 0.05) is 18.0 Å². The number of nitrogens with one attached hydrogen (secondary N) is 1. The van der Waals surface area contributed by atoms with Crippen molar-refractivity contribution in [3.63, 3.8) is 0 Å². The largest absolute Gasteiger partial charge is 0.416 e. The zero-order valence-corrected chi connectivity index (χ0v) is 11.8. The Morgan fingerprint density at radius 3 is 1.95 bits per heavy atom. The summed E-state index contributed by atoms with van der Waals surface area (Å²) in [5.74, 6) is -0.371. The molecule has 3 N–H and O–H groups in total. The van der Waals surface area contributed by atoms with Gasteiger partial charge in [-0.25, -0.2) is 0 Å². The van der Waals surface area contributed by atoms with Gasteiger partial charge < -0.3 is 11.1 Å². The number of carbonyl (C=O) groups is 1. The number of nitrogens with two attached hydrogens (primary N) is 1. The first-order valence-electron chi connectivity index (χ1n) is 5.91. The van der Waals surface area contributed by atoms with Crippen LogP contribution in [0, 0.1) is 0 Å². The van der Waals surface area contributed by atoms with Gasteiger partial charge >= 0.3 is 12.4 Å². The highest BCUT2D eigenvalue weighted by Gasteiger charge is 2.37. The molecule has 0 radical (unpaired) electrons. The molecule has 0 fully saturated rings. The lowest BCUT2D eigenvalue weighted by molar-refractivity contribution is -0.143. The maximum absolute atomic E-state index is 12.6. The first-order chi connectivity index (χ1) is 10.0. The van der Waals surface area contributed by atoms with E-state index in [9.17, 15) is 31.1 Å². The smallest absolute Gasteiger partial charge is 0.330 e. The van der Waals surface area contributed by atoms with E-state index in [2.05, 4.69) is 0 Å². The molecule has 1 amide bonds. The number of alkyl halides is 6. The number of halogens is 6. The van der Waals surface area contributed by atoms with E-state index in [0.29, 0.717) is 24.4 Å². The van der Waals surface area contributed by atoms with Crippen molar-refractivity contribution >= 4 is 23.4 Å². The van der Waals surface area contributed by atoms with Crippen LogP contribution in [0.15, 0.2) is 18.2 Å². The molecule has 1 aromatic carbocycles. The predicted molar refractivity (Wildman–Crippen MR) is 71.5 cm³/mol. The normalized spacial score (nSPS) is 12.3. The molecule has 1 rings (SSSR count). The van der Waals surface area contributed by atoms with E-state index in [1.807, 2.05) is 5.32 Å². The van der Waals surface area contributed by atoms with E-state index in [1.165, 1.54) is 0 Å². The minimum absolute atomic E-state index is 0.00116. The van der Waals surface area contributed by atoms with Crippen LogP contribution in [-0.2, 0) is 17.1 Å². The Hall–Kier alpha value is -1.42. The summed E-state index contributed by atoms with van der Waals surface area (Å²) in [6, 6.07) is 0.917. The molecule has 124 valence electrons. The average Bonchev–Trinajstić information content (AvgIpc) is 2.36. The average molecular weight is 346 g/mol. The highest BCUT2D eigenvalue weighted by Crippen LogP contribution is 2.37. The molecule has 0 aromatic heterocycles. The molecule has 0 saturated carbocycles. The third-order valence-corrected chi connectivity index (χ3v) is 3.36. The van der Waals surface area contributed by atoms with Crippen LogP contribution in [0.2, 0.25) is 0 Å². The molecule has 0 bridgehead atoms. The molecule has 0 aliphatic rings. The third-order valence-electron chi connectivity index (χ3n) is 2.37. The Bertz CT molecular complexity index is 497. The molecule has 0 aliphatic heterocycles.